The number of benzene rings is 2. The minimum absolute atomic E-state index is 0.0269. The summed E-state index contributed by atoms with van der Waals surface area (Å²) in [4.78, 5) is 13.0. The second-order valence-corrected chi connectivity index (χ2v) is 8.27. The Hall–Kier alpha value is -1.74. The molecule has 2 atom stereocenters. The maximum atomic E-state index is 13.1. The summed E-state index contributed by atoms with van der Waals surface area (Å²) in [5.74, 6) is -0.583. The Morgan fingerprint density at radius 3 is 1.92 bits per heavy atom. The van der Waals surface area contributed by atoms with Gasteiger partial charge in [-0.2, -0.15) is 0 Å². The lowest BCUT2D eigenvalue weighted by atomic mass is 9.83. The summed E-state index contributed by atoms with van der Waals surface area (Å²) in [6, 6.07) is 18.9. The lowest BCUT2D eigenvalue weighted by Gasteiger charge is -2.27. The zero-order valence-electron chi connectivity index (χ0n) is 15.6. The number of carbonyl (C=O) groups excluding carboxylic acids is 1. The number of Topliss-reactive ketones (excluding diaryl/α,β-unsaturated/α-hetero) is 1. The maximum absolute atomic E-state index is 13.1. The standard InChI is InChI=1S/C21H27O4P/c1-4-24-26(23,25-5-2)16-20(18-12-8-6-9-13-18)17(3)21(22)19-14-10-7-11-15-19/h6-15,17,20H,4-5,16H2,1-3H3/t17-,20-/m0/s1. The third-order valence-corrected chi connectivity index (χ3v) is 6.52. The molecule has 0 aliphatic heterocycles. The van der Waals surface area contributed by atoms with Gasteiger partial charge in [-0.25, -0.2) is 0 Å². The van der Waals surface area contributed by atoms with E-state index in [0.29, 0.717) is 18.8 Å². The quantitative estimate of drug-likeness (QED) is 0.404. The van der Waals surface area contributed by atoms with Crippen LogP contribution in [0.1, 0.15) is 42.6 Å². The Balaban J connectivity index is 2.35. The monoisotopic (exact) mass is 374 g/mol. The van der Waals surface area contributed by atoms with E-state index in [4.69, 9.17) is 9.05 Å². The van der Waals surface area contributed by atoms with Crippen molar-refractivity contribution in [3.8, 4) is 0 Å². The minimum atomic E-state index is -3.28. The number of ketones is 1. The van der Waals surface area contributed by atoms with Gasteiger partial charge in [-0.1, -0.05) is 67.6 Å². The SMILES string of the molecule is CCOP(=O)(C[C@H](c1ccccc1)[C@H](C)C(=O)c1ccccc1)OCC. The third-order valence-electron chi connectivity index (χ3n) is 4.38. The topological polar surface area (TPSA) is 52.6 Å². The molecule has 0 amide bonds. The summed E-state index contributed by atoms with van der Waals surface area (Å²) in [5.41, 5.74) is 1.62. The third kappa shape index (κ3) is 5.38. The predicted molar refractivity (Wildman–Crippen MR) is 105 cm³/mol. The minimum Gasteiger partial charge on any atom is -0.309 e. The van der Waals surface area contributed by atoms with Gasteiger partial charge in [-0.05, 0) is 19.4 Å². The van der Waals surface area contributed by atoms with Crippen LogP contribution in [0.5, 0.6) is 0 Å². The van der Waals surface area contributed by atoms with Crippen LogP contribution in [0.15, 0.2) is 60.7 Å². The van der Waals surface area contributed by atoms with Crippen molar-refractivity contribution >= 4 is 13.4 Å². The molecule has 0 aliphatic carbocycles. The molecule has 5 heteroatoms. The molecule has 0 fully saturated rings. The zero-order chi connectivity index (χ0) is 19.0. The van der Waals surface area contributed by atoms with Crippen molar-refractivity contribution in [2.75, 3.05) is 19.4 Å². The van der Waals surface area contributed by atoms with E-state index in [1.54, 1.807) is 13.8 Å². The average Bonchev–Trinajstić information content (AvgIpc) is 2.67. The highest BCUT2D eigenvalue weighted by Crippen LogP contribution is 2.52. The van der Waals surface area contributed by atoms with Crippen LogP contribution < -0.4 is 0 Å². The Morgan fingerprint density at radius 2 is 1.42 bits per heavy atom. The summed E-state index contributed by atoms with van der Waals surface area (Å²) in [7, 11) is -3.28. The van der Waals surface area contributed by atoms with Crippen LogP contribution in [0.3, 0.4) is 0 Å². The fraction of sp³-hybridized carbons (Fsp3) is 0.381. The fourth-order valence-electron chi connectivity index (χ4n) is 3.08. The van der Waals surface area contributed by atoms with E-state index in [2.05, 4.69) is 0 Å². The van der Waals surface area contributed by atoms with Gasteiger partial charge < -0.3 is 9.05 Å². The molecule has 2 rings (SSSR count). The molecule has 0 spiro atoms. The highest BCUT2D eigenvalue weighted by atomic mass is 31.2. The lowest BCUT2D eigenvalue weighted by Crippen LogP contribution is -2.23. The molecule has 140 valence electrons. The number of hydrogen-bond donors (Lipinski definition) is 0. The van der Waals surface area contributed by atoms with Gasteiger partial charge >= 0.3 is 7.60 Å². The van der Waals surface area contributed by atoms with E-state index in [1.165, 1.54) is 0 Å². The first-order valence-corrected chi connectivity index (χ1v) is 10.8. The molecular weight excluding hydrogens is 347 g/mol. The van der Waals surface area contributed by atoms with Gasteiger partial charge in [0.15, 0.2) is 5.78 Å². The molecule has 0 radical (unpaired) electrons. The van der Waals surface area contributed by atoms with Gasteiger partial charge in [0, 0.05) is 17.4 Å². The van der Waals surface area contributed by atoms with Crippen LogP contribution in [0.2, 0.25) is 0 Å². The van der Waals surface area contributed by atoms with E-state index < -0.39 is 7.60 Å². The van der Waals surface area contributed by atoms with E-state index in [0.717, 1.165) is 5.56 Å². The molecule has 0 saturated carbocycles. The molecule has 2 aromatic carbocycles. The molecule has 4 nitrogen and oxygen atoms in total. The number of hydrogen-bond acceptors (Lipinski definition) is 4. The normalized spacial score (nSPS) is 14.0. The summed E-state index contributed by atoms with van der Waals surface area (Å²) < 4.78 is 24.1. The summed E-state index contributed by atoms with van der Waals surface area (Å²) in [5, 5.41) is 0. The highest BCUT2D eigenvalue weighted by molar-refractivity contribution is 7.53. The molecule has 0 aliphatic rings. The van der Waals surface area contributed by atoms with Gasteiger partial charge in [-0.3, -0.25) is 9.36 Å². The second-order valence-electron chi connectivity index (χ2n) is 6.17. The Kier molecular flexibility index (Phi) is 7.77. The molecule has 26 heavy (non-hydrogen) atoms. The van der Waals surface area contributed by atoms with Gasteiger partial charge in [0.2, 0.25) is 0 Å². The number of rotatable bonds is 10. The highest BCUT2D eigenvalue weighted by Gasteiger charge is 2.35. The van der Waals surface area contributed by atoms with Crippen molar-refractivity contribution in [1.29, 1.82) is 0 Å². The first-order valence-electron chi connectivity index (χ1n) is 9.03. The van der Waals surface area contributed by atoms with E-state index >= 15 is 0 Å². The molecule has 0 heterocycles. The molecule has 2 aromatic rings. The van der Waals surface area contributed by atoms with Crippen LogP contribution in [-0.4, -0.2) is 25.2 Å². The molecule has 0 unspecified atom stereocenters. The Morgan fingerprint density at radius 1 is 0.923 bits per heavy atom. The number of carbonyl (C=O) groups is 1. The van der Waals surface area contributed by atoms with Gasteiger partial charge in [-0.15, -0.1) is 0 Å². The van der Waals surface area contributed by atoms with Crippen LogP contribution in [0.4, 0.5) is 0 Å². The van der Waals surface area contributed by atoms with E-state index in [9.17, 15) is 9.36 Å². The van der Waals surface area contributed by atoms with Crippen LogP contribution in [0, 0.1) is 5.92 Å². The molecule has 0 saturated heterocycles. The fourth-order valence-corrected chi connectivity index (χ4v) is 5.16. The second kappa shape index (κ2) is 9.82. The molecule has 0 aromatic heterocycles. The molecule has 0 bridgehead atoms. The van der Waals surface area contributed by atoms with Crippen molar-refractivity contribution < 1.29 is 18.4 Å². The lowest BCUT2D eigenvalue weighted by molar-refractivity contribution is 0.0914. The van der Waals surface area contributed by atoms with Crippen LogP contribution in [0.25, 0.3) is 0 Å². The van der Waals surface area contributed by atoms with Crippen molar-refractivity contribution in [3.63, 3.8) is 0 Å². The Labute approximate surface area is 156 Å². The van der Waals surface area contributed by atoms with Gasteiger partial charge in [0.05, 0.1) is 19.4 Å². The summed E-state index contributed by atoms with van der Waals surface area (Å²) >= 11 is 0. The van der Waals surface area contributed by atoms with E-state index in [1.807, 2.05) is 67.6 Å². The average molecular weight is 374 g/mol. The van der Waals surface area contributed by atoms with Gasteiger partial charge in [0.1, 0.15) is 0 Å². The largest absolute Gasteiger partial charge is 0.331 e. The van der Waals surface area contributed by atoms with Crippen molar-refractivity contribution in [2.45, 2.75) is 26.7 Å². The van der Waals surface area contributed by atoms with Crippen LogP contribution >= 0.6 is 7.60 Å². The smallest absolute Gasteiger partial charge is 0.309 e. The van der Waals surface area contributed by atoms with Crippen molar-refractivity contribution in [2.24, 2.45) is 5.92 Å². The maximum Gasteiger partial charge on any atom is 0.331 e. The first-order chi connectivity index (χ1) is 12.5. The van der Waals surface area contributed by atoms with Gasteiger partial charge in [0.25, 0.3) is 0 Å². The van der Waals surface area contributed by atoms with Crippen LogP contribution in [-0.2, 0) is 13.6 Å². The molecule has 0 N–H and O–H groups in total. The Bertz CT molecular complexity index is 720. The zero-order valence-corrected chi connectivity index (χ0v) is 16.5. The summed E-state index contributed by atoms with van der Waals surface area (Å²) in [6.07, 6.45) is 0.179. The van der Waals surface area contributed by atoms with E-state index in [-0.39, 0.29) is 23.8 Å². The molecular formula is C21H27O4P. The first kappa shape index (κ1) is 20.6. The predicted octanol–water partition coefficient (Wildman–Crippen LogP) is 5.56. The van der Waals surface area contributed by atoms with Crippen molar-refractivity contribution in [3.05, 3.63) is 71.8 Å². The summed E-state index contributed by atoms with van der Waals surface area (Å²) in [6.45, 7) is 6.08. The van der Waals surface area contributed by atoms with Crippen molar-refractivity contribution in [1.82, 2.24) is 0 Å².